The van der Waals surface area contributed by atoms with E-state index in [1.165, 1.54) is 6.20 Å². The summed E-state index contributed by atoms with van der Waals surface area (Å²) in [7, 11) is 0. The number of hydrogen-bond acceptors (Lipinski definition) is 5. The molecule has 7 nitrogen and oxygen atoms in total. The second-order valence-electron chi connectivity index (χ2n) is 7.97. The van der Waals surface area contributed by atoms with Crippen LogP contribution in [-0.4, -0.2) is 37.9 Å². The van der Waals surface area contributed by atoms with Gasteiger partial charge in [0.25, 0.3) is 5.91 Å². The topological polar surface area (TPSA) is 95.6 Å². The van der Waals surface area contributed by atoms with Gasteiger partial charge in [-0.25, -0.2) is 19.3 Å². The first kappa shape index (κ1) is 20.1. The number of nitrogens with one attached hydrogen (secondary N) is 3. The zero-order valence-electron chi connectivity index (χ0n) is 17.4. The maximum atomic E-state index is 14.6. The van der Waals surface area contributed by atoms with Gasteiger partial charge in [-0.2, -0.15) is 0 Å². The van der Waals surface area contributed by atoms with Crippen molar-refractivity contribution < 1.29 is 9.18 Å². The number of fused-ring (bicyclic) bond motifs is 1. The summed E-state index contributed by atoms with van der Waals surface area (Å²) in [5.41, 5.74) is 2.09. The minimum atomic E-state index is -0.523. The average Bonchev–Trinajstić information content (AvgIpc) is 3.26. The van der Waals surface area contributed by atoms with Crippen LogP contribution in [0.2, 0.25) is 0 Å². The van der Waals surface area contributed by atoms with Gasteiger partial charge >= 0.3 is 0 Å². The molecule has 32 heavy (non-hydrogen) atoms. The summed E-state index contributed by atoms with van der Waals surface area (Å²) >= 11 is 0. The first-order valence-corrected chi connectivity index (χ1v) is 10.8. The Morgan fingerprint density at radius 1 is 1.03 bits per heavy atom. The van der Waals surface area contributed by atoms with E-state index < -0.39 is 5.82 Å². The number of aromatic nitrogens is 4. The molecule has 0 spiro atoms. The van der Waals surface area contributed by atoms with E-state index >= 15 is 0 Å². The molecule has 0 aliphatic heterocycles. The first-order valence-electron chi connectivity index (χ1n) is 10.8. The molecule has 1 aliphatic carbocycles. The van der Waals surface area contributed by atoms with Crippen LogP contribution in [0.1, 0.15) is 36.0 Å². The molecule has 0 saturated heterocycles. The van der Waals surface area contributed by atoms with E-state index in [-0.39, 0.29) is 23.8 Å². The lowest BCUT2D eigenvalue weighted by molar-refractivity contribution is 0.0923. The Labute approximate surface area is 184 Å². The number of rotatable bonds is 5. The normalized spacial score (nSPS) is 18.4. The SMILES string of the molecule is O=C(N[C@@H]1CCCCC1Nc1nc(-c2c[nH]c3ncccc23)ncc1F)c1ccccc1. The molecular weight excluding hydrogens is 407 g/mol. The van der Waals surface area contributed by atoms with Gasteiger partial charge < -0.3 is 15.6 Å². The number of H-pyrrole nitrogens is 1. The molecule has 162 valence electrons. The van der Waals surface area contributed by atoms with Crippen LogP contribution in [-0.2, 0) is 0 Å². The molecule has 0 radical (unpaired) electrons. The van der Waals surface area contributed by atoms with Crippen molar-refractivity contribution in [3.8, 4) is 11.4 Å². The third kappa shape index (κ3) is 4.03. The molecular formula is C24H23FN6O. The third-order valence-electron chi connectivity index (χ3n) is 5.88. The van der Waals surface area contributed by atoms with Crippen LogP contribution in [0.4, 0.5) is 10.2 Å². The second kappa shape index (κ2) is 8.74. The van der Waals surface area contributed by atoms with Gasteiger partial charge in [0.1, 0.15) is 5.65 Å². The summed E-state index contributed by atoms with van der Waals surface area (Å²) in [4.78, 5) is 28.7. The fraction of sp³-hybridized carbons (Fsp3) is 0.250. The Balaban J connectivity index is 1.38. The van der Waals surface area contributed by atoms with Crippen molar-refractivity contribution in [2.75, 3.05) is 5.32 Å². The second-order valence-corrected chi connectivity index (χ2v) is 7.97. The highest BCUT2D eigenvalue weighted by Gasteiger charge is 2.28. The first-order chi connectivity index (χ1) is 15.7. The molecule has 1 aliphatic rings. The molecule has 1 aromatic carbocycles. The molecule has 3 N–H and O–H groups in total. The lowest BCUT2D eigenvalue weighted by Crippen LogP contribution is -2.48. The largest absolute Gasteiger partial charge is 0.363 e. The monoisotopic (exact) mass is 430 g/mol. The molecule has 3 aromatic heterocycles. The summed E-state index contributed by atoms with van der Waals surface area (Å²) in [6.45, 7) is 0. The zero-order valence-corrected chi connectivity index (χ0v) is 17.4. The molecule has 5 rings (SSSR count). The summed E-state index contributed by atoms with van der Waals surface area (Å²) in [6, 6.07) is 12.6. The Morgan fingerprint density at radius 3 is 2.69 bits per heavy atom. The number of amides is 1. The number of halogens is 1. The fourth-order valence-corrected chi connectivity index (χ4v) is 4.23. The van der Waals surface area contributed by atoms with Gasteiger partial charge in [-0.1, -0.05) is 31.0 Å². The molecule has 3 heterocycles. The van der Waals surface area contributed by atoms with Crippen LogP contribution in [0.15, 0.2) is 61.1 Å². The van der Waals surface area contributed by atoms with Crippen molar-refractivity contribution in [2.45, 2.75) is 37.8 Å². The van der Waals surface area contributed by atoms with E-state index in [0.29, 0.717) is 11.4 Å². The van der Waals surface area contributed by atoms with Crippen molar-refractivity contribution in [2.24, 2.45) is 0 Å². The molecule has 8 heteroatoms. The van der Waals surface area contributed by atoms with E-state index in [9.17, 15) is 9.18 Å². The highest BCUT2D eigenvalue weighted by Crippen LogP contribution is 2.28. The number of carbonyl (C=O) groups is 1. The summed E-state index contributed by atoms with van der Waals surface area (Å²) in [6.07, 6.45) is 8.31. The maximum Gasteiger partial charge on any atom is 0.251 e. The molecule has 2 atom stereocenters. The van der Waals surface area contributed by atoms with E-state index in [1.54, 1.807) is 24.5 Å². The average molecular weight is 430 g/mol. The standard InChI is InChI=1S/C24H23FN6O/c25-18-14-28-22(17-13-27-21-16(17)9-6-12-26-21)31-23(18)29-19-10-4-5-11-20(19)30-24(32)15-7-2-1-3-8-15/h1-3,6-9,12-14,19-20H,4-5,10-11H2,(H,26,27)(H,30,32)(H,28,29,31)/t19?,20-/m1/s1. The highest BCUT2D eigenvalue weighted by atomic mass is 19.1. The smallest absolute Gasteiger partial charge is 0.251 e. The minimum absolute atomic E-state index is 0.119. The lowest BCUT2D eigenvalue weighted by Gasteiger charge is -2.33. The van der Waals surface area contributed by atoms with Crippen LogP contribution < -0.4 is 10.6 Å². The highest BCUT2D eigenvalue weighted by molar-refractivity contribution is 5.94. The van der Waals surface area contributed by atoms with Gasteiger partial charge in [-0.05, 0) is 37.1 Å². The van der Waals surface area contributed by atoms with E-state index in [0.717, 1.165) is 42.3 Å². The maximum absolute atomic E-state index is 14.6. The predicted octanol–water partition coefficient (Wildman–Crippen LogP) is 4.31. The zero-order chi connectivity index (χ0) is 21.9. The fourth-order valence-electron chi connectivity index (χ4n) is 4.23. The summed E-state index contributed by atoms with van der Waals surface area (Å²) in [5.74, 6) is -0.0993. The van der Waals surface area contributed by atoms with Crippen molar-refractivity contribution in [1.29, 1.82) is 0 Å². The Hall–Kier alpha value is -3.81. The summed E-state index contributed by atoms with van der Waals surface area (Å²) < 4.78 is 14.6. The van der Waals surface area contributed by atoms with Crippen LogP contribution in [0.3, 0.4) is 0 Å². The predicted molar refractivity (Wildman–Crippen MR) is 121 cm³/mol. The van der Waals surface area contributed by atoms with Crippen molar-refractivity contribution >= 4 is 22.8 Å². The van der Waals surface area contributed by atoms with Gasteiger partial charge in [-0.3, -0.25) is 4.79 Å². The van der Waals surface area contributed by atoms with Gasteiger partial charge in [0, 0.05) is 41.0 Å². The Kier molecular flexibility index (Phi) is 5.49. The van der Waals surface area contributed by atoms with Crippen molar-refractivity contribution in [3.05, 3.63) is 72.4 Å². The van der Waals surface area contributed by atoms with E-state index in [4.69, 9.17) is 0 Å². The van der Waals surface area contributed by atoms with Crippen molar-refractivity contribution in [1.82, 2.24) is 25.3 Å². The Morgan fingerprint density at radius 2 is 1.84 bits per heavy atom. The van der Waals surface area contributed by atoms with Crippen LogP contribution in [0, 0.1) is 5.82 Å². The quantitative estimate of drug-likeness (QED) is 0.438. The van der Waals surface area contributed by atoms with E-state index in [2.05, 4.69) is 30.6 Å². The molecule has 1 fully saturated rings. The third-order valence-corrected chi connectivity index (χ3v) is 5.88. The number of carbonyl (C=O) groups excluding carboxylic acids is 1. The van der Waals surface area contributed by atoms with Crippen molar-refractivity contribution in [3.63, 3.8) is 0 Å². The number of benzene rings is 1. The summed E-state index contributed by atoms with van der Waals surface area (Å²) in [5, 5.41) is 7.22. The van der Waals surface area contributed by atoms with E-state index in [1.807, 2.05) is 30.3 Å². The number of pyridine rings is 1. The molecule has 1 unspecified atom stereocenters. The molecule has 1 saturated carbocycles. The number of hydrogen-bond donors (Lipinski definition) is 3. The molecule has 1 amide bonds. The van der Waals surface area contributed by atoms with Gasteiger partial charge in [0.15, 0.2) is 17.5 Å². The number of nitrogens with zero attached hydrogens (tertiary/aromatic N) is 3. The van der Waals surface area contributed by atoms with Gasteiger partial charge in [0.2, 0.25) is 0 Å². The molecule has 0 bridgehead atoms. The molecule has 4 aromatic rings. The minimum Gasteiger partial charge on any atom is -0.363 e. The van der Waals surface area contributed by atoms with Crippen LogP contribution in [0.5, 0.6) is 0 Å². The van der Waals surface area contributed by atoms with Gasteiger partial charge in [-0.15, -0.1) is 0 Å². The number of anilines is 1. The number of aromatic amines is 1. The van der Waals surface area contributed by atoms with Crippen LogP contribution in [0.25, 0.3) is 22.4 Å². The Bertz CT molecular complexity index is 1240. The lowest BCUT2D eigenvalue weighted by atomic mass is 9.90. The van der Waals surface area contributed by atoms with Gasteiger partial charge in [0.05, 0.1) is 6.20 Å². The van der Waals surface area contributed by atoms with Crippen LogP contribution >= 0.6 is 0 Å².